The summed E-state index contributed by atoms with van der Waals surface area (Å²) in [6.07, 6.45) is 2.45. The molecule has 28 heavy (non-hydrogen) atoms. The zero-order valence-corrected chi connectivity index (χ0v) is 16.7. The Kier molecular flexibility index (Phi) is 5.43. The molecule has 0 amide bonds. The van der Waals surface area contributed by atoms with Gasteiger partial charge in [-0.05, 0) is 18.5 Å². The first-order valence-corrected chi connectivity index (χ1v) is 10.2. The molecular formula is C22H29NO5. The van der Waals surface area contributed by atoms with Crippen LogP contribution in [0.15, 0.2) is 30.3 Å². The van der Waals surface area contributed by atoms with Crippen LogP contribution in [0.5, 0.6) is 0 Å². The first-order chi connectivity index (χ1) is 13.4. The topological polar surface area (TPSA) is 68.4 Å². The van der Waals surface area contributed by atoms with Crippen molar-refractivity contribution in [2.75, 3.05) is 13.7 Å². The molecule has 0 spiro atoms. The molecule has 1 unspecified atom stereocenters. The van der Waals surface area contributed by atoms with Crippen molar-refractivity contribution in [2.24, 2.45) is 5.92 Å². The van der Waals surface area contributed by atoms with Gasteiger partial charge in [0.15, 0.2) is 0 Å². The lowest BCUT2D eigenvalue weighted by Gasteiger charge is -2.38. The molecule has 3 heterocycles. The van der Waals surface area contributed by atoms with Crippen LogP contribution in [0.4, 0.5) is 0 Å². The van der Waals surface area contributed by atoms with Crippen LogP contribution in [0.25, 0.3) is 0 Å². The molecule has 0 N–H and O–H groups in total. The van der Waals surface area contributed by atoms with Crippen molar-refractivity contribution in [1.82, 2.24) is 4.90 Å². The Balaban J connectivity index is 1.40. The molecule has 3 saturated heterocycles. The van der Waals surface area contributed by atoms with E-state index < -0.39 is 5.92 Å². The Morgan fingerprint density at radius 2 is 1.79 bits per heavy atom. The number of carbonyl (C=O) groups is 2. The van der Waals surface area contributed by atoms with E-state index >= 15 is 0 Å². The fourth-order valence-corrected chi connectivity index (χ4v) is 4.60. The van der Waals surface area contributed by atoms with E-state index in [0.717, 1.165) is 18.4 Å². The third-order valence-electron chi connectivity index (χ3n) is 6.13. The summed E-state index contributed by atoms with van der Waals surface area (Å²) in [5.41, 5.74) is 0.812. The summed E-state index contributed by atoms with van der Waals surface area (Å²) in [6.45, 7) is 3.95. The van der Waals surface area contributed by atoms with Crippen LogP contribution in [0, 0.1) is 5.92 Å². The predicted molar refractivity (Wildman–Crippen MR) is 103 cm³/mol. The average Bonchev–Trinajstić information content (AvgIpc) is 3.40. The van der Waals surface area contributed by atoms with Crippen LogP contribution in [0.2, 0.25) is 0 Å². The number of rotatable bonds is 7. The van der Waals surface area contributed by atoms with E-state index in [-0.39, 0.29) is 30.6 Å². The normalized spacial score (nSPS) is 31.9. The van der Waals surface area contributed by atoms with Gasteiger partial charge in [0.25, 0.3) is 0 Å². The summed E-state index contributed by atoms with van der Waals surface area (Å²) in [5, 5.41) is 0. The Hall–Kier alpha value is -1.92. The summed E-state index contributed by atoms with van der Waals surface area (Å²) >= 11 is 0. The maximum atomic E-state index is 13.0. The van der Waals surface area contributed by atoms with E-state index in [1.165, 1.54) is 0 Å². The zero-order chi connectivity index (χ0) is 19.8. The summed E-state index contributed by atoms with van der Waals surface area (Å²) in [4.78, 5) is 27.3. The van der Waals surface area contributed by atoms with Gasteiger partial charge in [0.05, 0.1) is 0 Å². The fourth-order valence-electron chi connectivity index (χ4n) is 4.60. The van der Waals surface area contributed by atoms with E-state index in [1.807, 2.05) is 44.2 Å². The minimum Gasteiger partial charge on any atom is -0.464 e. The molecule has 6 nitrogen and oxygen atoms in total. The molecule has 4 rings (SSSR count). The second-order valence-corrected chi connectivity index (χ2v) is 8.64. The molecule has 0 aliphatic carbocycles. The minimum atomic E-state index is -0.597. The van der Waals surface area contributed by atoms with Gasteiger partial charge in [0.1, 0.15) is 30.8 Å². The van der Waals surface area contributed by atoms with Gasteiger partial charge in [-0.2, -0.15) is 0 Å². The largest absolute Gasteiger partial charge is 0.464 e. The summed E-state index contributed by atoms with van der Waals surface area (Å²) in [5.74, 6) is -0.969. The van der Waals surface area contributed by atoms with Gasteiger partial charge in [0, 0.05) is 31.3 Å². The quantitative estimate of drug-likeness (QED) is 0.529. The average molecular weight is 387 g/mol. The molecule has 152 valence electrons. The maximum Gasteiger partial charge on any atom is 0.317 e. The number of carbonyl (C=O) groups excluding carboxylic acids is 2. The van der Waals surface area contributed by atoms with Crippen molar-refractivity contribution < 1.29 is 23.8 Å². The summed E-state index contributed by atoms with van der Waals surface area (Å²) < 4.78 is 17.0. The number of fused-ring (bicyclic) bond motifs is 5. The SMILES string of the molecule is CC(C)CC(=O)OC[C@@H](C(=O)OC1C[C@@H]2[C@H]3O[C@H]3[C@H](C1)N2C)c1ccccc1. The van der Waals surface area contributed by atoms with Crippen LogP contribution in [-0.4, -0.2) is 60.9 Å². The summed E-state index contributed by atoms with van der Waals surface area (Å²) in [7, 11) is 2.13. The van der Waals surface area contributed by atoms with Gasteiger partial charge >= 0.3 is 11.9 Å². The van der Waals surface area contributed by atoms with E-state index in [9.17, 15) is 9.59 Å². The van der Waals surface area contributed by atoms with E-state index in [0.29, 0.717) is 30.7 Å². The lowest BCUT2D eigenvalue weighted by Crippen LogP contribution is -2.48. The number of nitrogens with zero attached hydrogens (tertiary/aromatic N) is 1. The van der Waals surface area contributed by atoms with Gasteiger partial charge in [-0.15, -0.1) is 0 Å². The van der Waals surface area contributed by atoms with Gasteiger partial charge in [0.2, 0.25) is 0 Å². The molecule has 6 atom stereocenters. The smallest absolute Gasteiger partial charge is 0.317 e. The molecule has 2 bridgehead atoms. The van der Waals surface area contributed by atoms with Gasteiger partial charge < -0.3 is 14.2 Å². The highest BCUT2D eigenvalue weighted by atomic mass is 16.6. The van der Waals surface area contributed by atoms with Crippen LogP contribution in [-0.2, 0) is 23.8 Å². The molecule has 3 fully saturated rings. The van der Waals surface area contributed by atoms with Crippen LogP contribution < -0.4 is 0 Å². The second kappa shape index (κ2) is 7.84. The van der Waals surface area contributed by atoms with Crippen molar-refractivity contribution in [3.05, 3.63) is 35.9 Å². The van der Waals surface area contributed by atoms with Crippen molar-refractivity contribution in [2.45, 2.75) is 69.4 Å². The molecule has 1 aromatic rings. The third kappa shape index (κ3) is 3.94. The van der Waals surface area contributed by atoms with Crippen LogP contribution in [0.1, 0.15) is 44.6 Å². The number of morpholine rings is 1. The first-order valence-electron chi connectivity index (χ1n) is 10.2. The Bertz CT molecular complexity index is 703. The molecule has 0 radical (unpaired) electrons. The molecule has 0 saturated carbocycles. The number of hydrogen-bond acceptors (Lipinski definition) is 6. The Morgan fingerprint density at radius 1 is 1.14 bits per heavy atom. The number of likely N-dealkylation sites (N-methyl/N-ethyl adjacent to an activating group) is 1. The molecule has 3 aliphatic rings. The van der Waals surface area contributed by atoms with Crippen LogP contribution in [0.3, 0.4) is 0 Å². The van der Waals surface area contributed by atoms with Gasteiger partial charge in [-0.25, -0.2) is 0 Å². The molecule has 0 aromatic heterocycles. The maximum absolute atomic E-state index is 13.0. The summed E-state index contributed by atoms with van der Waals surface area (Å²) in [6, 6.07) is 10.1. The third-order valence-corrected chi connectivity index (χ3v) is 6.13. The lowest BCUT2D eigenvalue weighted by molar-refractivity contribution is -0.159. The number of benzene rings is 1. The number of piperidine rings is 1. The highest BCUT2D eigenvalue weighted by molar-refractivity contribution is 5.79. The molecule has 1 aromatic carbocycles. The minimum absolute atomic E-state index is 0.0161. The highest BCUT2D eigenvalue weighted by Gasteiger charge is 2.62. The zero-order valence-electron chi connectivity index (χ0n) is 16.7. The Morgan fingerprint density at radius 3 is 2.39 bits per heavy atom. The van der Waals surface area contributed by atoms with Crippen molar-refractivity contribution in [1.29, 1.82) is 0 Å². The van der Waals surface area contributed by atoms with Crippen molar-refractivity contribution >= 4 is 11.9 Å². The van der Waals surface area contributed by atoms with Gasteiger partial charge in [-0.3, -0.25) is 14.5 Å². The number of epoxide rings is 1. The first kappa shape index (κ1) is 19.4. The van der Waals surface area contributed by atoms with E-state index in [2.05, 4.69) is 11.9 Å². The number of ether oxygens (including phenoxy) is 3. The molecular weight excluding hydrogens is 358 g/mol. The van der Waals surface area contributed by atoms with E-state index in [4.69, 9.17) is 14.2 Å². The predicted octanol–water partition coefficient (Wildman–Crippen LogP) is 2.52. The Labute approximate surface area is 166 Å². The van der Waals surface area contributed by atoms with E-state index in [1.54, 1.807) is 0 Å². The number of esters is 2. The van der Waals surface area contributed by atoms with Crippen LogP contribution >= 0.6 is 0 Å². The molecule has 3 aliphatic heterocycles. The lowest BCUT2D eigenvalue weighted by atomic mass is 9.97. The monoisotopic (exact) mass is 387 g/mol. The van der Waals surface area contributed by atoms with Crippen molar-refractivity contribution in [3.8, 4) is 0 Å². The second-order valence-electron chi connectivity index (χ2n) is 8.64. The number of hydrogen-bond donors (Lipinski definition) is 0. The van der Waals surface area contributed by atoms with Gasteiger partial charge in [-0.1, -0.05) is 44.2 Å². The standard InChI is InChI=1S/C22H29NO5/c1-13(2)9-19(24)26-12-16(14-7-5-4-6-8-14)22(25)27-15-10-17-20-21(28-20)18(11-15)23(17)3/h4-8,13,15-18,20-21H,9-12H2,1-3H3/t15?,16-,17-,18+,20-,21+/m1/s1. The highest BCUT2D eigenvalue weighted by Crippen LogP contribution is 2.48. The fraction of sp³-hybridized carbons (Fsp3) is 0.636. The molecule has 6 heteroatoms. The van der Waals surface area contributed by atoms with Crippen molar-refractivity contribution in [3.63, 3.8) is 0 Å².